The maximum Gasteiger partial charge on any atom is 0.0866 e. The molecule has 1 saturated heterocycles. The van der Waals surface area contributed by atoms with Crippen molar-refractivity contribution in [1.29, 1.82) is 5.26 Å². The van der Waals surface area contributed by atoms with Gasteiger partial charge in [0, 0.05) is 23.6 Å². The first-order chi connectivity index (χ1) is 8.61. The van der Waals surface area contributed by atoms with Crippen LogP contribution < -0.4 is 4.90 Å². The molecule has 0 N–H and O–H groups in total. The van der Waals surface area contributed by atoms with E-state index in [1.807, 2.05) is 7.05 Å². The van der Waals surface area contributed by atoms with Crippen LogP contribution in [-0.2, 0) is 0 Å². The van der Waals surface area contributed by atoms with Gasteiger partial charge in [-0.05, 0) is 54.0 Å². The Morgan fingerprint density at radius 3 is 3.00 bits per heavy atom. The van der Waals surface area contributed by atoms with Crippen LogP contribution >= 0.6 is 15.9 Å². The van der Waals surface area contributed by atoms with Gasteiger partial charge in [-0.15, -0.1) is 0 Å². The molecule has 3 nitrogen and oxygen atoms in total. The highest BCUT2D eigenvalue weighted by atomic mass is 79.9. The maximum atomic E-state index is 8.74. The third-order valence-electron chi connectivity index (χ3n) is 3.55. The van der Waals surface area contributed by atoms with Gasteiger partial charge in [0.2, 0.25) is 0 Å². The minimum absolute atomic E-state index is 0.484. The van der Waals surface area contributed by atoms with Crippen LogP contribution in [0.3, 0.4) is 0 Å². The van der Waals surface area contributed by atoms with Crippen molar-refractivity contribution in [3.8, 4) is 6.07 Å². The van der Waals surface area contributed by atoms with Crippen molar-refractivity contribution in [3.63, 3.8) is 0 Å². The van der Waals surface area contributed by atoms with Gasteiger partial charge in [-0.2, -0.15) is 5.26 Å². The Balaban J connectivity index is 2.07. The van der Waals surface area contributed by atoms with Gasteiger partial charge in [0.25, 0.3) is 0 Å². The van der Waals surface area contributed by atoms with Crippen LogP contribution in [0.15, 0.2) is 22.7 Å². The predicted octanol–water partition coefficient (Wildman–Crippen LogP) is 2.79. The second-order valence-corrected chi connectivity index (χ2v) is 5.77. The van der Waals surface area contributed by atoms with Crippen LogP contribution in [0.1, 0.15) is 12.0 Å². The van der Waals surface area contributed by atoms with Crippen molar-refractivity contribution in [2.45, 2.75) is 19.4 Å². The molecule has 1 fully saturated rings. The largest absolute Gasteiger partial charge is 0.369 e. The number of aryl methyl sites for hydroxylation is 1. The molecule has 1 heterocycles. The molecule has 0 aliphatic carbocycles. The molecule has 0 saturated carbocycles. The lowest BCUT2D eigenvalue weighted by molar-refractivity contribution is 0.289. The first-order valence-corrected chi connectivity index (χ1v) is 6.99. The average Bonchev–Trinajstić information content (AvgIpc) is 2.78. The van der Waals surface area contributed by atoms with Gasteiger partial charge in [0.05, 0.1) is 18.3 Å². The van der Waals surface area contributed by atoms with Crippen molar-refractivity contribution in [2.24, 2.45) is 0 Å². The molecule has 2 rings (SSSR count). The van der Waals surface area contributed by atoms with Gasteiger partial charge in [-0.1, -0.05) is 6.07 Å². The van der Waals surface area contributed by atoms with E-state index in [1.54, 1.807) is 0 Å². The van der Waals surface area contributed by atoms with E-state index in [0.29, 0.717) is 12.6 Å². The highest BCUT2D eigenvalue weighted by Crippen LogP contribution is 2.30. The Kier molecular flexibility index (Phi) is 4.26. The van der Waals surface area contributed by atoms with E-state index in [4.69, 9.17) is 5.26 Å². The normalized spacial score (nSPS) is 19.3. The number of halogens is 1. The SMILES string of the molecule is Cc1ccc(N2CCC(N(C)CC#N)C2)c(Br)c1. The molecule has 0 radical (unpaired) electrons. The van der Waals surface area contributed by atoms with Crippen LogP contribution in [0.4, 0.5) is 5.69 Å². The fourth-order valence-electron chi connectivity index (χ4n) is 2.43. The van der Waals surface area contributed by atoms with Crippen molar-refractivity contribution in [2.75, 3.05) is 31.6 Å². The fourth-order valence-corrected chi connectivity index (χ4v) is 3.17. The number of hydrogen-bond acceptors (Lipinski definition) is 3. The Bertz CT molecular complexity index is 467. The zero-order valence-electron chi connectivity index (χ0n) is 10.9. The molecule has 18 heavy (non-hydrogen) atoms. The van der Waals surface area contributed by atoms with Gasteiger partial charge >= 0.3 is 0 Å². The number of rotatable bonds is 3. The summed E-state index contributed by atoms with van der Waals surface area (Å²) in [5, 5.41) is 8.74. The molecule has 0 spiro atoms. The van der Waals surface area contributed by atoms with Crippen LogP contribution in [-0.4, -0.2) is 37.6 Å². The van der Waals surface area contributed by atoms with E-state index in [2.05, 4.69) is 56.9 Å². The second kappa shape index (κ2) is 5.73. The molecule has 4 heteroatoms. The van der Waals surface area contributed by atoms with Crippen LogP contribution in [0.25, 0.3) is 0 Å². The van der Waals surface area contributed by atoms with Crippen molar-refractivity contribution >= 4 is 21.6 Å². The average molecular weight is 308 g/mol. The van der Waals surface area contributed by atoms with Crippen LogP contribution in [0.2, 0.25) is 0 Å². The number of nitrogens with zero attached hydrogens (tertiary/aromatic N) is 3. The Hall–Kier alpha value is -1.05. The third kappa shape index (κ3) is 2.85. The van der Waals surface area contributed by atoms with Crippen molar-refractivity contribution < 1.29 is 0 Å². The standard InChI is InChI=1S/C14H18BrN3/c1-11-3-4-14(13(15)9-11)18-7-5-12(10-18)17(2)8-6-16/h3-4,9,12H,5,7-8,10H2,1-2H3. The Morgan fingerprint density at radius 1 is 1.56 bits per heavy atom. The molecular formula is C14H18BrN3. The quantitative estimate of drug-likeness (QED) is 0.804. The molecular weight excluding hydrogens is 290 g/mol. The van der Waals surface area contributed by atoms with Crippen LogP contribution in [0, 0.1) is 18.3 Å². The molecule has 1 atom stereocenters. The highest BCUT2D eigenvalue weighted by molar-refractivity contribution is 9.10. The van der Waals surface area contributed by atoms with E-state index >= 15 is 0 Å². The van der Waals surface area contributed by atoms with E-state index in [1.165, 1.54) is 11.3 Å². The molecule has 1 aliphatic rings. The number of benzene rings is 1. The lowest BCUT2D eigenvalue weighted by Gasteiger charge is -2.24. The molecule has 0 amide bonds. The minimum Gasteiger partial charge on any atom is -0.369 e. The Labute approximate surface area is 117 Å². The lowest BCUT2D eigenvalue weighted by Crippen LogP contribution is -2.34. The number of likely N-dealkylation sites (N-methyl/N-ethyl adjacent to an activating group) is 1. The summed E-state index contributed by atoms with van der Waals surface area (Å²) in [6, 6.07) is 9.17. The summed E-state index contributed by atoms with van der Waals surface area (Å²) in [5.41, 5.74) is 2.52. The minimum atomic E-state index is 0.484. The molecule has 1 unspecified atom stereocenters. The van der Waals surface area contributed by atoms with E-state index in [0.717, 1.165) is 24.0 Å². The summed E-state index contributed by atoms with van der Waals surface area (Å²) in [6.07, 6.45) is 1.12. The Morgan fingerprint density at radius 2 is 2.33 bits per heavy atom. The first-order valence-electron chi connectivity index (χ1n) is 6.20. The zero-order chi connectivity index (χ0) is 13.1. The summed E-state index contributed by atoms with van der Waals surface area (Å²) < 4.78 is 1.16. The molecule has 0 bridgehead atoms. The van der Waals surface area contributed by atoms with Crippen molar-refractivity contribution in [1.82, 2.24) is 4.90 Å². The molecule has 0 aromatic heterocycles. The topological polar surface area (TPSA) is 30.3 Å². The zero-order valence-corrected chi connectivity index (χ0v) is 12.4. The first kappa shape index (κ1) is 13.4. The molecule has 96 valence electrons. The molecule has 1 aromatic carbocycles. The highest BCUT2D eigenvalue weighted by Gasteiger charge is 2.26. The summed E-state index contributed by atoms with van der Waals surface area (Å²) in [4.78, 5) is 4.53. The monoisotopic (exact) mass is 307 g/mol. The maximum absolute atomic E-state index is 8.74. The number of hydrogen-bond donors (Lipinski definition) is 0. The van der Waals surface area contributed by atoms with E-state index in [-0.39, 0.29) is 0 Å². The van der Waals surface area contributed by atoms with E-state index in [9.17, 15) is 0 Å². The van der Waals surface area contributed by atoms with Gasteiger partial charge < -0.3 is 4.90 Å². The summed E-state index contributed by atoms with van der Waals surface area (Å²) in [5.74, 6) is 0. The van der Waals surface area contributed by atoms with Gasteiger partial charge in [-0.25, -0.2) is 0 Å². The summed E-state index contributed by atoms with van der Waals surface area (Å²) in [6.45, 7) is 4.66. The predicted molar refractivity (Wildman–Crippen MR) is 77.7 cm³/mol. The van der Waals surface area contributed by atoms with Crippen LogP contribution in [0.5, 0.6) is 0 Å². The number of nitriles is 1. The fraction of sp³-hybridized carbons (Fsp3) is 0.500. The number of anilines is 1. The smallest absolute Gasteiger partial charge is 0.0866 e. The summed E-state index contributed by atoms with van der Waals surface area (Å²) in [7, 11) is 2.03. The van der Waals surface area contributed by atoms with Gasteiger partial charge in [0.1, 0.15) is 0 Å². The van der Waals surface area contributed by atoms with Gasteiger partial charge in [0.15, 0.2) is 0 Å². The third-order valence-corrected chi connectivity index (χ3v) is 4.19. The summed E-state index contributed by atoms with van der Waals surface area (Å²) >= 11 is 3.64. The molecule has 1 aliphatic heterocycles. The van der Waals surface area contributed by atoms with Crippen molar-refractivity contribution in [3.05, 3.63) is 28.2 Å². The lowest BCUT2D eigenvalue weighted by atomic mass is 10.2. The van der Waals surface area contributed by atoms with E-state index < -0.39 is 0 Å². The molecule has 1 aromatic rings. The second-order valence-electron chi connectivity index (χ2n) is 4.92. The van der Waals surface area contributed by atoms with Gasteiger partial charge in [-0.3, -0.25) is 4.90 Å².